The maximum absolute atomic E-state index is 13.5. The number of rotatable bonds is 12. The first-order valence-electron chi connectivity index (χ1n) is 11.9. The maximum atomic E-state index is 13.5. The average molecular weight is 496 g/mol. The second-order valence-corrected chi connectivity index (χ2v) is 9.19. The number of methoxy groups -OCH3 is 1. The van der Waals surface area contributed by atoms with E-state index in [0.29, 0.717) is 36.7 Å². The van der Waals surface area contributed by atoms with Crippen LogP contribution in [0.2, 0.25) is 5.02 Å². The Morgan fingerprint density at radius 2 is 1.71 bits per heavy atom. The van der Waals surface area contributed by atoms with Gasteiger partial charge in [-0.1, -0.05) is 54.1 Å². The molecule has 0 radical (unpaired) electrons. The predicted octanol–water partition coefficient (Wildman–Crippen LogP) is 5.11. The van der Waals surface area contributed by atoms with Gasteiger partial charge in [-0.25, -0.2) is 0 Å². The lowest BCUT2D eigenvalue weighted by Crippen LogP contribution is -2.46. The lowest BCUT2D eigenvalue weighted by molar-refractivity contribution is -0.134. The molecular weight excluding hydrogens is 462 g/mol. The van der Waals surface area contributed by atoms with Crippen molar-refractivity contribution in [3.63, 3.8) is 0 Å². The van der Waals surface area contributed by atoms with Crippen LogP contribution in [0.15, 0.2) is 72.9 Å². The molecule has 0 aliphatic carbocycles. The highest BCUT2D eigenvalue weighted by Gasteiger charge is 2.25. The van der Waals surface area contributed by atoms with Crippen LogP contribution in [0.1, 0.15) is 41.9 Å². The molecule has 2 amide bonds. The van der Waals surface area contributed by atoms with Crippen LogP contribution < -0.4 is 0 Å². The van der Waals surface area contributed by atoms with E-state index in [1.807, 2.05) is 55.3 Å². The number of aromatic nitrogens is 1. The smallest absolute Gasteiger partial charge is 0.255 e. The number of nitrogens with zero attached hydrogens (tertiary/aromatic N) is 3. The van der Waals surface area contributed by atoms with Crippen LogP contribution in [0.4, 0.5) is 0 Å². The topological polar surface area (TPSA) is 54.8 Å². The minimum Gasteiger partial charge on any atom is -0.385 e. The first kappa shape index (κ1) is 26.5. The number of hydrogen-bond acceptors (Lipinski definition) is 3. The molecule has 0 spiro atoms. The van der Waals surface area contributed by atoms with E-state index in [2.05, 4.69) is 16.7 Å². The van der Waals surface area contributed by atoms with Crippen molar-refractivity contribution in [1.29, 1.82) is 0 Å². The molecule has 0 aliphatic heterocycles. The number of benzene rings is 2. The van der Waals surface area contributed by atoms with Gasteiger partial charge in [0.05, 0.1) is 17.1 Å². The fourth-order valence-corrected chi connectivity index (χ4v) is 4.19. The molecule has 0 saturated carbocycles. The molecule has 6 nitrogen and oxygen atoms in total. The second-order valence-electron chi connectivity index (χ2n) is 8.78. The number of halogens is 1. The third kappa shape index (κ3) is 7.44. The van der Waals surface area contributed by atoms with Crippen molar-refractivity contribution in [2.24, 2.45) is 0 Å². The third-order valence-electron chi connectivity index (χ3n) is 5.89. The Labute approximate surface area is 213 Å². The summed E-state index contributed by atoms with van der Waals surface area (Å²) in [7, 11) is 1.62. The van der Waals surface area contributed by atoms with Crippen molar-refractivity contribution in [3.05, 3.63) is 94.8 Å². The SMILES string of the molecule is COCCCN(CC(=O)N(Cc1cccn1Cc1ccccc1)C(C)C)C(=O)c1ccccc1Cl. The highest BCUT2D eigenvalue weighted by atomic mass is 35.5. The monoisotopic (exact) mass is 495 g/mol. The van der Waals surface area contributed by atoms with E-state index in [4.69, 9.17) is 16.3 Å². The van der Waals surface area contributed by atoms with Crippen molar-refractivity contribution in [3.8, 4) is 0 Å². The van der Waals surface area contributed by atoms with Crippen LogP contribution in [0, 0.1) is 0 Å². The first-order chi connectivity index (χ1) is 16.9. The molecule has 35 heavy (non-hydrogen) atoms. The van der Waals surface area contributed by atoms with Crippen molar-refractivity contribution in [2.45, 2.75) is 39.4 Å². The summed E-state index contributed by atoms with van der Waals surface area (Å²) in [5, 5.41) is 0.376. The van der Waals surface area contributed by atoms with Crippen molar-refractivity contribution in [2.75, 3.05) is 26.8 Å². The van der Waals surface area contributed by atoms with Crippen LogP contribution in [0.5, 0.6) is 0 Å². The Hall–Kier alpha value is -3.09. The predicted molar refractivity (Wildman–Crippen MR) is 140 cm³/mol. The molecule has 1 aromatic heterocycles. The van der Waals surface area contributed by atoms with Crippen LogP contribution in [-0.4, -0.2) is 59.0 Å². The van der Waals surface area contributed by atoms with Gasteiger partial charge in [0.15, 0.2) is 0 Å². The number of hydrogen-bond donors (Lipinski definition) is 0. The Bertz CT molecular complexity index is 1100. The molecule has 0 N–H and O–H groups in total. The van der Waals surface area contributed by atoms with Gasteiger partial charge in [-0.15, -0.1) is 0 Å². The Balaban J connectivity index is 1.76. The fourth-order valence-electron chi connectivity index (χ4n) is 3.97. The molecule has 0 bridgehead atoms. The molecule has 0 saturated heterocycles. The quantitative estimate of drug-likeness (QED) is 0.328. The Morgan fingerprint density at radius 3 is 2.40 bits per heavy atom. The van der Waals surface area contributed by atoms with Crippen molar-refractivity contribution < 1.29 is 14.3 Å². The van der Waals surface area contributed by atoms with Crippen LogP contribution in [-0.2, 0) is 22.6 Å². The number of carbonyl (C=O) groups excluding carboxylic acids is 2. The van der Waals surface area contributed by atoms with E-state index < -0.39 is 0 Å². The van der Waals surface area contributed by atoms with E-state index in [-0.39, 0.29) is 24.4 Å². The summed E-state index contributed by atoms with van der Waals surface area (Å²) in [6, 6.07) is 21.2. The fraction of sp³-hybridized carbons (Fsp3) is 0.357. The third-order valence-corrected chi connectivity index (χ3v) is 6.22. The summed E-state index contributed by atoms with van der Waals surface area (Å²) in [5.74, 6) is -0.360. The normalized spacial score (nSPS) is 11.0. The minimum atomic E-state index is -0.254. The zero-order valence-corrected chi connectivity index (χ0v) is 21.4. The lowest BCUT2D eigenvalue weighted by atomic mass is 10.2. The lowest BCUT2D eigenvalue weighted by Gasteiger charge is -2.31. The Kier molecular flexibility index (Phi) is 9.94. The van der Waals surface area contributed by atoms with Crippen molar-refractivity contribution in [1.82, 2.24) is 14.4 Å². The number of ether oxygens (including phenoxy) is 1. The molecule has 0 aliphatic rings. The highest BCUT2D eigenvalue weighted by molar-refractivity contribution is 6.33. The molecule has 1 heterocycles. The second kappa shape index (κ2) is 13.1. The van der Waals surface area contributed by atoms with Crippen LogP contribution in [0.3, 0.4) is 0 Å². The van der Waals surface area contributed by atoms with Gasteiger partial charge in [-0.05, 0) is 50.1 Å². The zero-order chi connectivity index (χ0) is 25.2. The summed E-state index contributed by atoms with van der Waals surface area (Å²) in [6.07, 6.45) is 2.66. The molecular formula is C28H34ClN3O3. The summed E-state index contributed by atoms with van der Waals surface area (Å²) in [6.45, 7) is 6.06. The summed E-state index contributed by atoms with van der Waals surface area (Å²) in [4.78, 5) is 30.2. The van der Waals surface area contributed by atoms with Gasteiger partial charge < -0.3 is 19.1 Å². The molecule has 3 rings (SSSR count). The molecule has 0 atom stereocenters. The summed E-state index contributed by atoms with van der Waals surface area (Å²) in [5.41, 5.74) is 2.63. The van der Waals surface area contributed by atoms with Gasteiger partial charge in [0, 0.05) is 44.7 Å². The van der Waals surface area contributed by atoms with E-state index in [0.717, 1.165) is 12.2 Å². The van der Waals surface area contributed by atoms with E-state index >= 15 is 0 Å². The summed E-state index contributed by atoms with van der Waals surface area (Å²) >= 11 is 6.28. The molecule has 0 fully saturated rings. The maximum Gasteiger partial charge on any atom is 0.255 e. The Morgan fingerprint density at radius 1 is 1.00 bits per heavy atom. The molecule has 2 aromatic carbocycles. The highest BCUT2D eigenvalue weighted by Crippen LogP contribution is 2.18. The van der Waals surface area contributed by atoms with Crippen LogP contribution >= 0.6 is 11.6 Å². The van der Waals surface area contributed by atoms with Gasteiger partial charge >= 0.3 is 0 Å². The standard InChI is InChI=1S/C28H34ClN3O3/c1-22(2)32(20-24-13-9-16-30(24)19-23-11-5-4-6-12-23)27(33)21-31(17-10-18-35-3)28(34)25-14-7-8-15-26(25)29/h4-9,11-16,22H,10,17-21H2,1-3H3. The van der Waals surface area contributed by atoms with Crippen molar-refractivity contribution >= 4 is 23.4 Å². The van der Waals surface area contributed by atoms with Gasteiger partial charge in [0.1, 0.15) is 6.54 Å². The van der Waals surface area contributed by atoms with Gasteiger partial charge in [0.2, 0.25) is 5.91 Å². The minimum absolute atomic E-state index is 0.0225. The average Bonchev–Trinajstić information content (AvgIpc) is 3.28. The number of carbonyl (C=O) groups is 2. The number of amides is 2. The molecule has 3 aromatic rings. The zero-order valence-electron chi connectivity index (χ0n) is 20.7. The first-order valence-corrected chi connectivity index (χ1v) is 12.3. The largest absolute Gasteiger partial charge is 0.385 e. The van der Waals surface area contributed by atoms with E-state index in [1.165, 1.54) is 5.56 Å². The van der Waals surface area contributed by atoms with Crippen LogP contribution in [0.25, 0.3) is 0 Å². The summed E-state index contributed by atoms with van der Waals surface area (Å²) < 4.78 is 7.32. The molecule has 7 heteroatoms. The van der Waals surface area contributed by atoms with Gasteiger partial charge in [0.25, 0.3) is 5.91 Å². The molecule has 186 valence electrons. The van der Waals surface area contributed by atoms with E-state index in [9.17, 15) is 9.59 Å². The van der Waals surface area contributed by atoms with Gasteiger partial charge in [-0.3, -0.25) is 9.59 Å². The van der Waals surface area contributed by atoms with Gasteiger partial charge in [-0.2, -0.15) is 0 Å². The van der Waals surface area contributed by atoms with E-state index in [1.54, 1.807) is 36.3 Å². The molecule has 0 unspecified atom stereocenters.